The summed E-state index contributed by atoms with van der Waals surface area (Å²) in [6.45, 7) is 6.60. The Balaban J connectivity index is 2.06. The average Bonchev–Trinajstić information content (AvgIpc) is 2.22. The molecule has 2 heteroatoms. The van der Waals surface area contributed by atoms with E-state index in [2.05, 4.69) is 19.2 Å². The lowest BCUT2D eigenvalue weighted by molar-refractivity contribution is -0.128. The molecule has 3 unspecified atom stereocenters. The Bertz CT molecular complexity index is 201. The summed E-state index contributed by atoms with van der Waals surface area (Å²) in [5.41, 5.74) is 0.186. The van der Waals surface area contributed by atoms with Gasteiger partial charge >= 0.3 is 0 Å². The summed E-state index contributed by atoms with van der Waals surface area (Å²) >= 11 is 0. The van der Waals surface area contributed by atoms with Crippen LogP contribution in [0.2, 0.25) is 0 Å². The van der Waals surface area contributed by atoms with Crippen molar-refractivity contribution >= 4 is 0 Å². The van der Waals surface area contributed by atoms with Crippen molar-refractivity contribution in [2.24, 2.45) is 5.92 Å². The van der Waals surface area contributed by atoms with E-state index in [1.807, 2.05) is 0 Å². The molecule has 1 N–H and O–H groups in total. The Morgan fingerprint density at radius 3 is 3.07 bits per heavy atom. The number of hydrogen-bond donors (Lipinski definition) is 1. The zero-order chi connectivity index (χ0) is 10.7. The van der Waals surface area contributed by atoms with Gasteiger partial charge in [-0.2, -0.15) is 0 Å². The molecule has 0 aromatic rings. The van der Waals surface area contributed by atoms with Crippen LogP contribution in [0.4, 0.5) is 0 Å². The van der Waals surface area contributed by atoms with Crippen LogP contribution in [0.5, 0.6) is 0 Å². The van der Waals surface area contributed by atoms with Gasteiger partial charge in [-0.1, -0.05) is 33.1 Å². The maximum Gasteiger partial charge on any atom is 0.0837 e. The fourth-order valence-corrected chi connectivity index (χ4v) is 3.42. The van der Waals surface area contributed by atoms with Gasteiger partial charge in [-0.05, 0) is 25.2 Å². The van der Waals surface area contributed by atoms with Crippen LogP contribution in [0.1, 0.15) is 52.4 Å². The molecule has 2 fully saturated rings. The molecule has 1 spiro atoms. The minimum Gasteiger partial charge on any atom is -0.372 e. The van der Waals surface area contributed by atoms with Crippen LogP contribution in [0.25, 0.3) is 0 Å². The van der Waals surface area contributed by atoms with Gasteiger partial charge in [0.15, 0.2) is 0 Å². The van der Waals surface area contributed by atoms with Gasteiger partial charge in [-0.25, -0.2) is 0 Å². The van der Waals surface area contributed by atoms with Crippen molar-refractivity contribution in [1.29, 1.82) is 0 Å². The smallest absolute Gasteiger partial charge is 0.0837 e. The molecular formula is C13H25NO. The lowest BCUT2D eigenvalue weighted by atomic mass is 9.73. The molecule has 0 amide bonds. The first-order valence-corrected chi connectivity index (χ1v) is 6.64. The Kier molecular flexibility index (Phi) is 3.68. The van der Waals surface area contributed by atoms with Crippen LogP contribution in [0.15, 0.2) is 0 Å². The molecule has 3 atom stereocenters. The third kappa shape index (κ3) is 2.36. The summed E-state index contributed by atoms with van der Waals surface area (Å²) in [6.07, 6.45) is 7.82. The van der Waals surface area contributed by atoms with Crippen LogP contribution in [0, 0.1) is 5.92 Å². The Hall–Kier alpha value is -0.0800. The van der Waals surface area contributed by atoms with Crippen molar-refractivity contribution in [2.75, 3.05) is 13.2 Å². The van der Waals surface area contributed by atoms with E-state index in [4.69, 9.17) is 4.74 Å². The summed E-state index contributed by atoms with van der Waals surface area (Å²) in [5, 5.41) is 3.68. The first-order valence-electron chi connectivity index (χ1n) is 6.64. The van der Waals surface area contributed by atoms with Gasteiger partial charge in [0.05, 0.1) is 12.2 Å². The molecular weight excluding hydrogens is 186 g/mol. The summed E-state index contributed by atoms with van der Waals surface area (Å²) in [7, 11) is 0. The van der Waals surface area contributed by atoms with Crippen LogP contribution < -0.4 is 5.32 Å². The van der Waals surface area contributed by atoms with Gasteiger partial charge in [0.1, 0.15) is 0 Å². The van der Waals surface area contributed by atoms with Crippen LogP contribution >= 0.6 is 0 Å². The predicted octanol–water partition coefficient (Wildman–Crippen LogP) is 2.72. The highest BCUT2D eigenvalue weighted by molar-refractivity contribution is 4.98. The zero-order valence-corrected chi connectivity index (χ0v) is 10.2. The standard InChI is InChI=1S/C13H25NO/c1-3-5-12-13(15-9-8-14-12)7-4-6-11(2)10-13/h11-12,14H,3-10H2,1-2H3. The molecule has 1 aliphatic heterocycles. The summed E-state index contributed by atoms with van der Waals surface area (Å²) in [4.78, 5) is 0. The molecule has 0 radical (unpaired) electrons. The van der Waals surface area contributed by atoms with Gasteiger partial charge in [0.25, 0.3) is 0 Å². The molecule has 1 saturated carbocycles. The Labute approximate surface area is 93.8 Å². The minimum atomic E-state index is 0.186. The van der Waals surface area contributed by atoms with Crippen molar-refractivity contribution in [3.8, 4) is 0 Å². The average molecular weight is 211 g/mol. The molecule has 1 saturated heterocycles. The van der Waals surface area contributed by atoms with Gasteiger partial charge in [-0.3, -0.25) is 0 Å². The van der Waals surface area contributed by atoms with Crippen LogP contribution in [-0.4, -0.2) is 24.8 Å². The summed E-state index contributed by atoms with van der Waals surface area (Å²) < 4.78 is 6.18. The molecule has 15 heavy (non-hydrogen) atoms. The van der Waals surface area contributed by atoms with Crippen molar-refractivity contribution in [3.63, 3.8) is 0 Å². The van der Waals surface area contributed by atoms with Crippen molar-refractivity contribution < 1.29 is 4.74 Å². The van der Waals surface area contributed by atoms with Crippen LogP contribution in [0.3, 0.4) is 0 Å². The van der Waals surface area contributed by atoms with Gasteiger partial charge in [0, 0.05) is 12.6 Å². The summed E-state index contributed by atoms with van der Waals surface area (Å²) in [6, 6.07) is 0.610. The fourth-order valence-electron chi connectivity index (χ4n) is 3.42. The highest BCUT2D eigenvalue weighted by atomic mass is 16.5. The second-order valence-electron chi connectivity index (χ2n) is 5.41. The number of ether oxygens (including phenoxy) is 1. The number of nitrogens with one attached hydrogen (secondary N) is 1. The fraction of sp³-hybridized carbons (Fsp3) is 1.00. The number of rotatable bonds is 2. The molecule has 0 aromatic heterocycles. The van der Waals surface area contributed by atoms with E-state index < -0.39 is 0 Å². The predicted molar refractivity (Wildman–Crippen MR) is 63.0 cm³/mol. The van der Waals surface area contributed by atoms with Crippen molar-refractivity contribution in [2.45, 2.75) is 64.0 Å². The summed E-state index contributed by atoms with van der Waals surface area (Å²) in [5.74, 6) is 0.845. The monoisotopic (exact) mass is 211 g/mol. The normalized spacial score (nSPS) is 42.0. The molecule has 0 aromatic carbocycles. The van der Waals surface area contributed by atoms with E-state index in [-0.39, 0.29) is 5.60 Å². The van der Waals surface area contributed by atoms with E-state index in [0.717, 1.165) is 19.1 Å². The highest BCUT2D eigenvalue weighted by Gasteiger charge is 2.43. The minimum absolute atomic E-state index is 0.186. The van der Waals surface area contributed by atoms with Gasteiger partial charge in [0.2, 0.25) is 0 Å². The molecule has 0 bridgehead atoms. The maximum absolute atomic E-state index is 6.18. The van der Waals surface area contributed by atoms with E-state index >= 15 is 0 Å². The SMILES string of the molecule is CCCC1NCCOC12CCCC(C)C2. The molecule has 88 valence electrons. The number of morpholine rings is 1. The molecule has 1 heterocycles. The van der Waals surface area contributed by atoms with E-state index in [9.17, 15) is 0 Å². The van der Waals surface area contributed by atoms with Gasteiger partial charge in [-0.15, -0.1) is 0 Å². The van der Waals surface area contributed by atoms with Crippen molar-refractivity contribution in [1.82, 2.24) is 5.32 Å². The second kappa shape index (κ2) is 4.84. The molecule has 2 rings (SSSR count). The first kappa shape index (κ1) is 11.4. The zero-order valence-electron chi connectivity index (χ0n) is 10.2. The Morgan fingerprint density at radius 1 is 1.47 bits per heavy atom. The lowest BCUT2D eigenvalue weighted by Gasteiger charge is -2.48. The lowest BCUT2D eigenvalue weighted by Crippen LogP contribution is -2.59. The van der Waals surface area contributed by atoms with E-state index in [1.165, 1.54) is 38.5 Å². The second-order valence-corrected chi connectivity index (χ2v) is 5.41. The molecule has 2 nitrogen and oxygen atoms in total. The molecule has 1 aliphatic carbocycles. The van der Waals surface area contributed by atoms with Gasteiger partial charge < -0.3 is 10.1 Å². The van der Waals surface area contributed by atoms with E-state index in [0.29, 0.717) is 6.04 Å². The molecule has 2 aliphatic rings. The quantitative estimate of drug-likeness (QED) is 0.758. The van der Waals surface area contributed by atoms with Crippen molar-refractivity contribution in [3.05, 3.63) is 0 Å². The van der Waals surface area contributed by atoms with Crippen LogP contribution in [-0.2, 0) is 4.74 Å². The third-order valence-corrected chi connectivity index (χ3v) is 4.09. The maximum atomic E-state index is 6.18. The largest absolute Gasteiger partial charge is 0.372 e. The Morgan fingerprint density at radius 2 is 2.33 bits per heavy atom. The number of hydrogen-bond acceptors (Lipinski definition) is 2. The topological polar surface area (TPSA) is 21.3 Å². The highest BCUT2D eigenvalue weighted by Crippen LogP contribution is 2.40. The third-order valence-electron chi connectivity index (χ3n) is 4.09. The first-order chi connectivity index (χ1) is 7.27. The van der Waals surface area contributed by atoms with E-state index in [1.54, 1.807) is 0 Å².